The molecule has 0 aliphatic carbocycles. The van der Waals surface area contributed by atoms with Crippen LogP contribution >= 0.6 is 0 Å². The van der Waals surface area contributed by atoms with Gasteiger partial charge in [0.05, 0.1) is 23.7 Å². The fourth-order valence-corrected chi connectivity index (χ4v) is 2.18. The number of aromatic amines is 1. The summed E-state index contributed by atoms with van der Waals surface area (Å²) in [6.45, 7) is 2.68. The molecule has 0 aliphatic rings. The topological polar surface area (TPSA) is 62.8 Å². The van der Waals surface area contributed by atoms with Gasteiger partial charge in [0.25, 0.3) is 0 Å². The SMILES string of the molecule is COc1ccc(CNc2nccc3[nH]nc(C)c23)cc1. The van der Waals surface area contributed by atoms with Crippen molar-refractivity contribution in [2.75, 3.05) is 12.4 Å². The number of nitrogens with zero attached hydrogens (tertiary/aromatic N) is 2. The Kier molecular flexibility index (Phi) is 3.25. The van der Waals surface area contributed by atoms with E-state index in [1.54, 1.807) is 13.3 Å². The molecule has 0 fully saturated rings. The van der Waals surface area contributed by atoms with Gasteiger partial charge in [-0.3, -0.25) is 5.10 Å². The second-order valence-electron chi connectivity index (χ2n) is 4.59. The molecular formula is C15H16N4O. The summed E-state index contributed by atoms with van der Waals surface area (Å²) in [5.41, 5.74) is 3.12. The quantitative estimate of drug-likeness (QED) is 0.763. The monoisotopic (exact) mass is 268 g/mol. The first-order valence-electron chi connectivity index (χ1n) is 6.44. The zero-order valence-electron chi connectivity index (χ0n) is 11.5. The number of nitrogens with one attached hydrogen (secondary N) is 2. The number of hydrogen-bond donors (Lipinski definition) is 2. The summed E-state index contributed by atoms with van der Waals surface area (Å²) < 4.78 is 5.15. The maximum Gasteiger partial charge on any atom is 0.137 e. The van der Waals surface area contributed by atoms with Gasteiger partial charge in [0.1, 0.15) is 11.6 Å². The summed E-state index contributed by atoms with van der Waals surface area (Å²) in [6.07, 6.45) is 1.77. The standard InChI is InChI=1S/C15H16N4O/c1-10-14-13(19-18-10)7-8-16-15(14)17-9-11-3-5-12(20-2)6-4-11/h3-8H,9H2,1-2H3,(H,16,17)(H,18,19). The van der Waals surface area contributed by atoms with Crippen LogP contribution in [0.25, 0.3) is 10.9 Å². The second-order valence-corrected chi connectivity index (χ2v) is 4.59. The number of hydrogen-bond acceptors (Lipinski definition) is 4. The summed E-state index contributed by atoms with van der Waals surface area (Å²) in [5, 5.41) is 11.6. The van der Waals surface area contributed by atoms with E-state index < -0.39 is 0 Å². The summed E-state index contributed by atoms with van der Waals surface area (Å²) in [7, 11) is 1.67. The number of fused-ring (bicyclic) bond motifs is 1. The van der Waals surface area contributed by atoms with Gasteiger partial charge in [-0.05, 0) is 30.7 Å². The van der Waals surface area contributed by atoms with Crippen LogP contribution in [0.2, 0.25) is 0 Å². The normalized spacial score (nSPS) is 10.7. The number of anilines is 1. The predicted molar refractivity (Wildman–Crippen MR) is 78.9 cm³/mol. The van der Waals surface area contributed by atoms with Crippen molar-refractivity contribution in [3.8, 4) is 5.75 Å². The Labute approximate surface area is 117 Å². The first kappa shape index (κ1) is 12.5. The van der Waals surface area contributed by atoms with Gasteiger partial charge in [0.2, 0.25) is 0 Å². The van der Waals surface area contributed by atoms with E-state index in [0.717, 1.165) is 28.2 Å². The van der Waals surface area contributed by atoms with E-state index in [4.69, 9.17) is 4.74 Å². The summed E-state index contributed by atoms with van der Waals surface area (Å²) in [6, 6.07) is 9.90. The zero-order valence-corrected chi connectivity index (χ0v) is 11.5. The van der Waals surface area contributed by atoms with E-state index >= 15 is 0 Å². The Bertz CT molecular complexity index is 718. The van der Waals surface area contributed by atoms with E-state index in [1.807, 2.05) is 37.3 Å². The van der Waals surface area contributed by atoms with Crippen molar-refractivity contribution < 1.29 is 4.74 Å². The van der Waals surface area contributed by atoms with Crippen molar-refractivity contribution >= 4 is 16.7 Å². The number of H-pyrrole nitrogens is 1. The number of ether oxygens (including phenoxy) is 1. The lowest BCUT2D eigenvalue weighted by molar-refractivity contribution is 0.414. The van der Waals surface area contributed by atoms with Crippen LogP contribution in [0.15, 0.2) is 36.5 Å². The second kappa shape index (κ2) is 5.21. The molecule has 102 valence electrons. The molecule has 0 bridgehead atoms. The number of benzene rings is 1. The third kappa shape index (κ3) is 2.30. The lowest BCUT2D eigenvalue weighted by atomic mass is 10.2. The molecular weight excluding hydrogens is 252 g/mol. The lowest BCUT2D eigenvalue weighted by Crippen LogP contribution is -2.01. The number of aromatic nitrogens is 3. The highest BCUT2D eigenvalue weighted by Crippen LogP contribution is 2.22. The molecule has 3 rings (SSSR count). The molecule has 0 unspecified atom stereocenters. The Morgan fingerprint density at radius 3 is 2.75 bits per heavy atom. The lowest BCUT2D eigenvalue weighted by Gasteiger charge is -2.08. The smallest absolute Gasteiger partial charge is 0.137 e. The molecule has 1 aromatic carbocycles. The molecule has 2 heterocycles. The number of methoxy groups -OCH3 is 1. The van der Waals surface area contributed by atoms with Gasteiger partial charge in [-0.2, -0.15) is 5.10 Å². The highest BCUT2D eigenvalue weighted by molar-refractivity contribution is 5.91. The van der Waals surface area contributed by atoms with Crippen molar-refractivity contribution in [3.05, 3.63) is 47.8 Å². The van der Waals surface area contributed by atoms with Gasteiger partial charge in [-0.25, -0.2) is 4.98 Å². The minimum Gasteiger partial charge on any atom is -0.497 e. The summed E-state index contributed by atoms with van der Waals surface area (Å²) in [4.78, 5) is 4.39. The van der Waals surface area contributed by atoms with Crippen LogP contribution in [0.5, 0.6) is 5.75 Å². The van der Waals surface area contributed by atoms with Crippen molar-refractivity contribution in [1.82, 2.24) is 15.2 Å². The molecule has 3 aromatic rings. The van der Waals surface area contributed by atoms with E-state index in [1.165, 1.54) is 5.56 Å². The Hall–Kier alpha value is -2.56. The van der Waals surface area contributed by atoms with E-state index in [9.17, 15) is 0 Å². The van der Waals surface area contributed by atoms with Crippen LogP contribution in [0, 0.1) is 6.92 Å². The molecule has 0 saturated carbocycles. The average molecular weight is 268 g/mol. The fraction of sp³-hybridized carbons (Fsp3) is 0.200. The minimum atomic E-state index is 0.709. The van der Waals surface area contributed by atoms with E-state index in [0.29, 0.717) is 6.54 Å². The van der Waals surface area contributed by atoms with E-state index in [-0.39, 0.29) is 0 Å². The van der Waals surface area contributed by atoms with Crippen LogP contribution in [-0.2, 0) is 6.54 Å². The van der Waals surface area contributed by atoms with Crippen LogP contribution in [0.3, 0.4) is 0 Å². The molecule has 0 aliphatic heterocycles. The highest BCUT2D eigenvalue weighted by Gasteiger charge is 2.07. The van der Waals surface area contributed by atoms with E-state index in [2.05, 4.69) is 20.5 Å². The molecule has 5 heteroatoms. The molecule has 0 radical (unpaired) electrons. The largest absolute Gasteiger partial charge is 0.497 e. The fourth-order valence-electron chi connectivity index (χ4n) is 2.18. The van der Waals surface area contributed by atoms with Gasteiger partial charge in [0, 0.05) is 12.7 Å². The highest BCUT2D eigenvalue weighted by atomic mass is 16.5. The van der Waals surface area contributed by atoms with Crippen LogP contribution in [0.4, 0.5) is 5.82 Å². The van der Waals surface area contributed by atoms with Gasteiger partial charge in [-0.15, -0.1) is 0 Å². The number of aryl methyl sites for hydroxylation is 1. The molecule has 0 saturated heterocycles. The minimum absolute atomic E-state index is 0.709. The van der Waals surface area contributed by atoms with Crippen LogP contribution in [-0.4, -0.2) is 22.3 Å². The third-order valence-corrected chi connectivity index (χ3v) is 3.28. The molecule has 20 heavy (non-hydrogen) atoms. The maximum atomic E-state index is 5.15. The molecule has 2 N–H and O–H groups in total. The van der Waals surface area contributed by atoms with Crippen LogP contribution < -0.4 is 10.1 Å². The van der Waals surface area contributed by atoms with Gasteiger partial charge in [-0.1, -0.05) is 12.1 Å². The zero-order chi connectivity index (χ0) is 13.9. The molecule has 5 nitrogen and oxygen atoms in total. The summed E-state index contributed by atoms with van der Waals surface area (Å²) >= 11 is 0. The van der Waals surface area contributed by atoms with Crippen molar-refractivity contribution in [2.24, 2.45) is 0 Å². The average Bonchev–Trinajstić information content (AvgIpc) is 2.88. The van der Waals surface area contributed by atoms with Crippen molar-refractivity contribution in [3.63, 3.8) is 0 Å². The Balaban J connectivity index is 1.81. The van der Waals surface area contributed by atoms with Crippen molar-refractivity contribution in [2.45, 2.75) is 13.5 Å². The first-order chi connectivity index (χ1) is 9.78. The molecule has 0 amide bonds. The Morgan fingerprint density at radius 2 is 2.00 bits per heavy atom. The van der Waals surface area contributed by atoms with Gasteiger partial charge >= 0.3 is 0 Å². The molecule has 0 spiro atoms. The predicted octanol–water partition coefficient (Wildman–Crippen LogP) is 2.89. The van der Waals surface area contributed by atoms with Crippen molar-refractivity contribution in [1.29, 1.82) is 0 Å². The summed E-state index contributed by atoms with van der Waals surface area (Å²) in [5.74, 6) is 1.71. The maximum absolute atomic E-state index is 5.15. The molecule has 0 atom stereocenters. The van der Waals surface area contributed by atoms with Gasteiger partial charge in [0.15, 0.2) is 0 Å². The van der Waals surface area contributed by atoms with Crippen LogP contribution in [0.1, 0.15) is 11.3 Å². The van der Waals surface area contributed by atoms with Gasteiger partial charge < -0.3 is 10.1 Å². The number of rotatable bonds is 4. The molecule has 2 aromatic heterocycles. The Morgan fingerprint density at radius 1 is 1.20 bits per heavy atom. The third-order valence-electron chi connectivity index (χ3n) is 3.28. The number of pyridine rings is 1. The first-order valence-corrected chi connectivity index (χ1v) is 6.44.